The van der Waals surface area contributed by atoms with Gasteiger partial charge in [-0.15, -0.1) is 0 Å². The van der Waals surface area contributed by atoms with Crippen molar-refractivity contribution in [2.75, 3.05) is 26.7 Å². The number of nitrogens with one attached hydrogen (secondary N) is 2. The number of likely N-dealkylation sites (N-methyl/N-ethyl adjacent to an activating group) is 1. The highest BCUT2D eigenvalue weighted by Gasteiger charge is 2.52. The van der Waals surface area contributed by atoms with E-state index in [1.54, 1.807) is 7.05 Å². The number of nitrogens with two attached hydrogens (primary N) is 4. The standard InChI is InChI=1S/C23H46N6O10/c1-23(35)8-36-22(16(33)19(23)28-2)39-18-12(29-20(34)14(31)13(30)7-25)5-11(27)17(15(18)32)38-21-10(26)4-3-9(6-24)37-21/h9-19,21-22,28,30-33,35H,3-8,24-27H2,1-2H3,(H,29,34). The largest absolute Gasteiger partial charge is 0.389 e. The fraction of sp³-hybridized carbons (Fsp3) is 0.957. The van der Waals surface area contributed by atoms with Crippen LogP contribution in [0.3, 0.4) is 0 Å². The summed E-state index contributed by atoms with van der Waals surface area (Å²) in [6.45, 7) is 1.18. The van der Waals surface area contributed by atoms with Crippen LogP contribution in [0.4, 0.5) is 0 Å². The molecule has 228 valence electrons. The van der Waals surface area contributed by atoms with Gasteiger partial charge in [0, 0.05) is 19.1 Å². The quantitative estimate of drug-likeness (QED) is 0.117. The lowest BCUT2D eigenvalue weighted by Crippen LogP contribution is -2.69. The molecule has 0 aromatic heterocycles. The molecule has 1 saturated carbocycles. The smallest absolute Gasteiger partial charge is 0.251 e. The van der Waals surface area contributed by atoms with Crippen molar-refractivity contribution in [1.29, 1.82) is 0 Å². The number of amides is 1. The van der Waals surface area contributed by atoms with Gasteiger partial charge in [-0.05, 0) is 33.2 Å². The molecule has 1 amide bonds. The Morgan fingerprint density at radius 2 is 1.74 bits per heavy atom. The van der Waals surface area contributed by atoms with Crippen LogP contribution in [-0.2, 0) is 23.7 Å². The lowest BCUT2D eigenvalue weighted by atomic mass is 9.83. The maximum Gasteiger partial charge on any atom is 0.251 e. The molecule has 16 heteroatoms. The van der Waals surface area contributed by atoms with Crippen molar-refractivity contribution in [3.05, 3.63) is 0 Å². The van der Waals surface area contributed by atoms with Crippen LogP contribution in [0, 0.1) is 0 Å². The van der Waals surface area contributed by atoms with Crippen LogP contribution in [0.1, 0.15) is 26.2 Å². The van der Waals surface area contributed by atoms with E-state index in [1.807, 2.05) is 0 Å². The molecule has 1 aliphatic carbocycles. The van der Waals surface area contributed by atoms with Gasteiger partial charge < -0.3 is 78.0 Å². The highest BCUT2D eigenvalue weighted by atomic mass is 16.7. The van der Waals surface area contributed by atoms with Gasteiger partial charge in [0.25, 0.3) is 5.91 Å². The lowest BCUT2D eigenvalue weighted by molar-refractivity contribution is -0.307. The second-order valence-corrected chi connectivity index (χ2v) is 10.9. The average molecular weight is 567 g/mol. The maximum absolute atomic E-state index is 12.7. The summed E-state index contributed by atoms with van der Waals surface area (Å²) in [6.07, 6.45) is -9.86. The summed E-state index contributed by atoms with van der Waals surface area (Å²) >= 11 is 0. The molecule has 14 atom stereocenters. The molecule has 15 N–H and O–H groups in total. The summed E-state index contributed by atoms with van der Waals surface area (Å²) in [5, 5.41) is 58.2. The Hall–Kier alpha value is -1.09. The molecule has 3 aliphatic rings. The molecular formula is C23H46N6O10. The normalized spacial score (nSPS) is 44.9. The predicted molar refractivity (Wildman–Crippen MR) is 135 cm³/mol. The van der Waals surface area contributed by atoms with Crippen molar-refractivity contribution in [3.8, 4) is 0 Å². The summed E-state index contributed by atoms with van der Waals surface area (Å²) in [5.74, 6) is -0.963. The van der Waals surface area contributed by atoms with Gasteiger partial charge in [0.15, 0.2) is 18.7 Å². The molecule has 16 nitrogen and oxygen atoms in total. The van der Waals surface area contributed by atoms with Crippen molar-refractivity contribution in [3.63, 3.8) is 0 Å². The third-order valence-electron chi connectivity index (χ3n) is 7.70. The van der Waals surface area contributed by atoms with Gasteiger partial charge in [-0.1, -0.05) is 0 Å². The first-order valence-corrected chi connectivity index (χ1v) is 13.3. The van der Waals surface area contributed by atoms with E-state index in [2.05, 4.69) is 10.6 Å². The van der Waals surface area contributed by atoms with Gasteiger partial charge in [-0.25, -0.2) is 0 Å². The van der Waals surface area contributed by atoms with Crippen LogP contribution in [0.2, 0.25) is 0 Å². The van der Waals surface area contributed by atoms with Crippen LogP contribution >= 0.6 is 0 Å². The van der Waals surface area contributed by atoms with E-state index < -0.39 is 84.9 Å². The molecule has 39 heavy (non-hydrogen) atoms. The van der Waals surface area contributed by atoms with E-state index in [0.717, 1.165) is 0 Å². The van der Waals surface area contributed by atoms with Crippen molar-refractivity contribution in [2.24, 2.45) is 22.9 Å². The number of carbonyl (C=O) groups is 1. The van der Waals surface area contributed by atoms with Gasteiger partial charge in [-0.2, -0.15) is 0 Å². The fourth-order valence-electron chi connectivity index (χ4n) is 5.36. The summed E-state index contributed by atoms with van der Waals surface area (Å²) in [6, 6.07) is -3.20. The van der Waals surface area contributed by atoms with E-state index in [1.165, 1.54) is 6.92 Å². The molecule has 3 rings (SSSR count). The minimum atomic E-state index is -1.85. The number of rotatable bonds is 10. The van der Waals surface area contributed by atoms with Gasteiger partial charge in [-0.3, -0.25) is 4.79 Å². The zero-order valence-corrected chi connectivity index (χ0v) is 22.3. The number of aliphatic hydroxyl groups excluding tert-OH is 4. The molecule has 0 radical (unpaired) electrons. The second kappa shape index (κ2) is 13.7. The van der Waals surface area contributed by atoms with E-state index in [-0.39, 0.29) is 32.2 Å². The third kappa shape index (κ3) is 7.41. The first kappa shape index (κ1) is 32.4. The van der Waals surface area contributed by atoms with E-state index >= 15 is 0 Å². The maximum atomic E-state index is 12.7. The highest BCUT2D eigenvalue weighted by Crippen LogP contribution is 2.32. The molecule has 14 unspecified atom stereocenters. The van der Waals surface area contributed by atoms with Crippen LogP contribution < -0.4 is 33.6 Å². The molecule has 2 aliphatic heterocycles. The van der Waals surface area contributed by atoms with Crippen molar-refractivity contribution in [2.45, 2.75) is 111 Å². The van der Waals surface area contributed by atoms with Crippen molar-refractivity contribution >= 4 is 5.91 Å². The zero-order chi connectivity index (χ0) is 29.1. The molecule has 2 heterocycles. The summed E-state index contributed by atoms with van der Waals surface area (Å²) < 4.78 is 23.5. The Balaban J connectivity index is 1.83. The van der Waals surface area contributed by atoms with E-state index in [4.69, 9.17) is 41.9 Å². The molecule has 0 aromatic rings. The van der Waals surface area contributed by atoms with Gasteiger partial charge in [0.05, 0.1) is 30.8 Å². The number of ether oxygens (including phenoxy) is 4. The van der Waals surface area contributed by atoms with Crippen LogP contribution in [-0.4, -0.2) is 143 Å². The monoisotopic (exact) mass is 566 g/mol. The number of hydrogen-bond acceptors (Lipinski definition) is 15. The minimum Gasteiger partial charge on any atom is -0.389 e. The van der Waals surface area contributed by atoms with Crippen LogP contribution in [0.15, 0.2) is 0 Å². The van der Waals surface area contributed by atoms with Gasteiger partial charge in [0.2, 0.25) is 0 Å². The highest BCUT2D eigenvalue weighted by molar-refractivity contribution is 5.81. The van der Waals surface area contributed by atoms with Crippen LogP contribution in [0.5, 0.6) is 0 Å². The number of aliphatic hydroxyl groups is 5. The first-order chi connectivity index (χ1) is 18.3. The molecule has 0 aromatic carbocycles. The van der Waals surface area contributed by atoms with Crippen molar-refractivity contribution < 1.29 is 49.3 Å². The third-order valence-corrected chi connectivity index (χ3v) is 7.70. The average Bonchev–Trinajstić information content (AvgIpc) is 2.89. The molecule has 3 fully saturated rings. The number of carbonyl (C=O) groups excluding carboxylic acids is 1. The second-order valence-electron chi connectivity index (χ2n) is 10.9. The van der Waals surface area contributed by atoms with E-state index in [9.17, 15) is 30.3 Å². The Morgan fingerprint density at radius 1 is 1.08 bits per heavy atom. The van der Waals surface area contributed by atoms with Gasteiger partial charge >= 0.3 is 0 Å². The first-order valence-electron chi connectivity index (χ1n) is 13.3. The predicted octanol–water partition coefficient (Wildman–Crippen LogP) is -6.14. The molecule has 2 saturated heterocycles. The topological polar surface area (TPSA) is 283 Å². The minimum absolute atomic E-state index is 0.00182. The molecule has 0 bridgehead atoms. The Bertz CT molecular complexity index is 798. The molecular weight excluding hydrogens is 520 g/mol. The van der Waals surface area contributed by atoms with E-state index in [0.29, 0.717) is 12.8 Å². The summed E-state index contributed by atoms with van der Waals surface area (Å²) in [5.41, 5.74) is 22.2. The Morgan fingerprint density at radius 3 is 2.36 bits per heavy atom. The Labute approximate surface area is 227 Å². The lowest BCUT2D eigenvalue weighted by Gasteiger charge is -2.49. The fourth-order valence-corrected chi connectivity index (χ4v) is 5.36. The SMILES string of the molecule is CNC1C(O)C(OC2C(NC(=O)C(O)C(O)CN)CC(N)C(OC3OC(CN)CCC3N)C2O)OCC1(C)O. The van der Waals surface area contributed by atoms with Gasteiger partial charge in [0.1, 0.15) is 36.1 Å². The summed E-state index contributed by atoms with van der Waals surface area (Å²) in [4.78, 5) is 12.7. The Kier molecular flexibility index (Phi) is 11.4. The summed E-state index contributed by atoms with van der Waals surface area (Å²) in [7, 11) is 1.55. The number of hydrogen-bond donors (Lipinski definition) is 11. The molecule has 0 spiro atoms. The van der Waals surface area contributed by atoms with Crippen molar-refractivity contribution in [1.82, 2.24) is 10.6 Å². The van der Waals surface area contributed by atoms with Crippen LogP contribution in [0.25, 0.3) is 0 Å². The zero-order valence-electron chi connectivity index (χ0n) is 22.3.